The Kier molecular flexibility index (Phi) is 5.24. The van der Waals surface area contributed by atoms with E-state index in [0.717, 1.165) is 0 Å². The van der Waals surface area contributed by atoms with Crippen molar-refractivity contribution in [3.63, 3.8) is 0 Å². The lowest BCUT2D eigenvalue weighted by molar-refractivity contribution is 0.0667. The Hall–Kier alpha value is -3.29. The van der Waals surface area contributed by atoms with Crippen molar-refractivity contribution in [3.8, 4) is 11.5 Å². The molecule has 29 heavy (non-hydrogen) atoms. The molecule has 0 unspecified atom stereocenters. The second-order valence-corrected chi connectivity index (χ2v) is 7.28. The largest absolute Gasteiger partial charge is 0.454 e. The first-order chi connectivity index (χ1) is 14.0. The fourth-order valence-electron chi connectivity index (χ4n) is 3.54. The maximum absolute atomic E-state index is 13.1. The van der Waals surface area contributed by atoms with Gasteiger partial charge in [0.15, 0.2) is 11.5 Å². The van der Waals surface area contributed by atoms with E-state index in [9.17, 15) is 9.59 Å². The minimum absolute atomic E-state index is 0.0225. The summed E-state index contributed by atoms with van der Waals surface area (Å²) in [5.74, 6) is 1.81. The normalized spacial score (nSPS) is 15.6. The average Bonchev–Trinajstić information content (AvgIpc) is 3.22. The van der Waals surface area contributed by atoms with Gasteiger partial charge in [0.1, 0.15) is 5.82 Å². The van der Waals surface area contributed by atoms with Crippen LogP contribution in [0.4, 0.5) is 10.6 Å². The predicted octanol–water partition coefficient (Wildman–Crippen LogP) is 2.60. The van der Waals surface area contributed by atoms with E-state index in [0.29, 0.717) is 49.1 Å². The number of rotatable bonds is 3. The quantitative estimate of drug-likeness (QED) is 0.797. The Morgan fingerprint density at radius 3 is 2.41 bits per heavy atom. The van der Waals surface area contributed by atoms with Gasteiger partial charge >= 0.3 is 6.03 Å². The number of fused-ring (bicyclic) bond motifs is 1. The number of piperazine rings is 1. The number of hydrogen-bond acceptors (Lipinski definition) is 5. The molecule has 0 radical (unpaired) electrons. The lowest BCUT2D eigenvalue weighted by Crippen LogP contribution is -2.55. The van der Waals surface area contributed by atoms with Gasteiger partial charge in [-0.1, -0.05) is 6.07 Å². The van der Waals surface area contributed by atoms with Gasteiger partial charge < -0.3 is 19.3 Å². The Morgan fingerprint density at radius 2 is 1.72 bits per heavy atom. The van der Waals surface area contributed by atoms with Gasteiger partial charge in [0.2, 0.25) is 6.79 Å². The number of ether oxygens (including phenoxy) is 2. The summed E-state index contributed by atoms with van der Waals surface area (Å²) in [4.78, 5) is 35.5. The van der Waals surface area contributed by atoms with E-state index >= 15 is 0 Å². The maximum atomic E-state index is 13.1. The third-order valence-corrected chi connectivity index (χ3v) is 5.08. The lowest BCUT2D eigenvalue weighted by atomic mass is 10.1. The van der Waals surface area contributed by atoms with Gasteiger partial charge in [0, 0.05) is 44.0 Å². The van der Waals surface area contributed by atoms with Gasteiger partial charge in [0.05, 0.1) is 0 Å². The zero-order chi connectivity index (χ0) is 20.4. The first kappa shape index (κ1) is 19.0. The summed E-state index contributed by atoms with van der Waals surface area (Å²) < 4.78 is 10.7. The van der Waals surface area contributed by atoms with Crippen molar-refractivity contribution in [2.45, 2.75) is 19.9 Å². The van der Waals surface area contributed by atoms with Crippen LogP contribution in [0.2, 0.25) is 0 Å². The molecule has 4 rings (SSSR count). The molecular weight excluding hydrogens is 372 g/mol. The van der Waals surface area contributed by atoms with Crippen molar-refractivity contribution in [1.29, 1.82) is 0 Å². The Morgan fingerprint density at radius 1 is 1.00 bits per heavy atom. The molecule has 2 aliphatic heterocycles. The number of nitrogens with zero attached hydrogens (tertiary/aromatic N) is 4. The summed E-state index contributed by atoms with van der Waals surface area (Å²) in [6.07, 6.45) is 1.68. The number of carbonyl (C=O) groups is 2. The van der Waals surface area contributed by atoms with Crippen LogP contribution in [0.15, 0.2) is 42.6 Å². The summed E-state index contributed by atoms with van der Waals surface area (Å²) in [6.45, 7) is 6.02. The van der Waals surface area contributed by atoms with E-state index in [2.05, 4.69) is 4.98 Å². The topological polar surface area (TPSA) is 75.2 Å². The third kappa shape index (κ3) is 3.83. The minimum atomic E-state index is -0.0890. The van der Waals surface area contributed by atoms with Crippen LogP contribution in [0.5, 0.6) is 11.5 Å². The molecule has 3 amide bonds. The summed E-state index contributed by atoms with van der Waals surface area (Å²) >= 11 is 0. The molecule has 0 saturated carbocycles. The molecule has 0 aliphatic carbocycles. The zero-order valence-corrected chi connectivity index (χ0v) is 16.6. The fourth-order valence-corrected chi connectivity index (χ4v) is 3.54. The first-order valence-corrected chi connectivity index (χ1v) is 9.72. The molecule has 1 aromatic heterocycles. The smallest absolute Gasteiger partial charge is 0.326 e. The highest BCUT2D eigenvalue weighted by atomic mass is 16.7. The van der Waals surface area contributed by atoms with Crippen molar-refractivity contribution in [2.24, 2.45) is 0 Å². The number of hydrogen-bond donors (Lipinski definition) is 0. The van der Waals surface area contributed by atoms with Crippen LogP contribution < -0.4 is 14.4 Å². The average molecular weight is 396 g/mol. The second kappa shape index (κ2) is 7.98. The first-order valence-electron chi connectivity index (χ1n) is 9.72. The molecule has 2 aromatic rings. The summed E-state index contributed by atoms with van der Waals surface area (Å²) in [5, 5.41) is 0. The molecule has 0 bridgehead atoms. The highest BCUT2D eigenvalue weighted by molar-refractivity contribution is 5.95. The van der Waals surface area contributed by atoms with Crippen molar-refractivity contribution in [3.05, 3.63) is 48.2 Å². The van der Waals surface area contributed by atoms with Crippen LogP contribution in [0, 0.1) is 0 Å². The Labute approximate surface area is 169 Å². The Bertz CT molecular complexity index is 895. The van der Waals surface area contributed by atoms with Crippen molar-refractivity contribution in [2.75, 3.05) is 37.9 Å². The number of amides is 3. The molecule has 1 fully saturated rings. The molecule has 0 N–H and O–H groups in total. The minimum Gasteiger partial charge on any atom is -0.454 e. The van der Waals surface area contributed by atoms with Gasteiger partial charge in [-0.05, 0) is 44.2 Å². The Balaban J connectivity index is 1.41. The van der Waals surface area contributed by atoms with E-state index in [-0.39, 0.29) is 24.8 Å². The predicted molar refractivity (Wildman–Crippen MR) is 107 cm³/mol. The van der Waals surface area contributed by atoms with Crippen LogP contribution in [0.25, 0.3) is 0 Å². The van der Waals surface area contributed by atoms with E-state index in [1.54, 1.807) is 39.1 Å². The van der Waals surface area contributed by atoms with Crippen LogP contribution in [0.3, 0.4) is 0 Å². The van der Waals surface area contributed by atoms with Crippen molar-refractivity contribution in [1.82, 2.24) is 14.8 Å². The van der Waals surface area contributed by atoms with Crippen LogP contribution >= 0.6 is 0 Å². The number of aromatic nitrogens is 1. The van der Waals surface area contributed by atoms with E-state index in [4.69, 9.17) is 9.47 Å². The zero-order valence-electron chi connectivity index (χ0n) is 16.6. The van der Waals surface area contributed by atoms with Gasteiger partial charge in [-0.25, -0.2) is 9.78 Å². The highest BCUT2D eigenvalue weighted by Gasteiger charge is 2.30. The monoisotopic (exact) mass is 396 g/mol. The van der Waals surface area contributed by atoms with Crippen LogP contribution in [-0.2, 0) is 0 Å². The van der Waals surface area contributed by atoms with Crippen LogP contribution in [0.1, 0.15) is 24.2 Å². The van der Waals surface area contributed by atoms with Crippen molar-refractivity contribution < 1.29 is 19.1 Å². The van der Waals surface area contributed by atoms with Gasteiger partial charge in [-0.3, -0.25) is 9.69 Å². The van der Waals surface area contributed by atoms with Gasteiger partial charge in [-0.15, -0.1) is 0 Å². The number of carbonyl (C=O) groups excluding carboxylic acids is 2. The molecule has 8 nitrogen and oxygen atoms in total. The molecule has 1 aromatic carbocycles. The summed E-state index contributed by atoms with van der Waals surface area (Å²) in [6, 6.07) is 10.6. The number of pyridine rings is 1. The standard InChI is InChI=1S/C21H24N4O4/c1-15(2)25(19-5-3-4-8-22-19)21(27)24-11-9-23(10-12-24)20(26)16-6-7-17-18(13-16)29-14-28-17/h3-8,13,15H,9-12,14H2,1-2H3. The molecule has 8 heteroatoms. The number of anilines is 1. The SMILES string of the molecule is CC(C)N(C(=O)N1CCN(C(=O)c2ccc3c(c2)OCO3)CC1)c1ccccn1. The highest BCUT2D eigenvalue weighted by Crippen LogP contribution is 2.33. The van der Waals surface area contributed by atoms with Gasteiger partial charge in [-0.2, -0.15) is 0 Å². The third-order valence-electron chi connectivity index (χ3n) is 5.08. The maximum Gasteiger partial charge on any atom is 0.326 e. The summed E-state index contributed by atoms with van der Waals surface area (Å²) in [5.41, 5.74) is 0.561. The molecule has 2 aliphatic rings. The number of urea groups is 1. The fraction of sp³-hybridized carbons (Fsp3) is 0.381. The second-order valence-electron chi connectivity index (χ2n) is 7.28. The molecule has 3 heterocycles. The molecule has 0 spiro atoms. The van der Waals surface area contributed by atoms with E-state index in [1.165, 1.54) is 0 Å². The molecule has 152 valence electrons. The molecule has 0 atom stereocenters. The summed E-state index contributed by atoms with van der Waals surface area (Å²) in [7, 11) is 0. The van der Waals surface area contributed by atoms with E-state index < -0.39 is 0 Å². The van der Waals surface area contributed by atoms with Crippen molar-refractivity contribution >= 4 is 17.8 Å². The van der Waals surface area contributed by atoms with Crippen LogP contribution in [-0.4, -0.2) is 65.7 Å². The van der Waals surface area contributed by atoms with E-state index in [1.807, 2.05) is 32.0 Å². The molecule has 1 saturated heterocycles. The van der Waals surface area contributed by atoms with Gasteiger partial charge in [0.25, 0.3) is 5.91 Å². The number of benzene rings is 1. The lowest BCUT2D eigenvalue weighted by Gasteiger charge is -2.38. The molecular formula is C21H24N4O4.